The summed E-state index contributed by atoms with van der Waals surface area (Å²) >= 11 is 12.0. The first kappa shape index (κ1) is 13.2. The Bertz CT molecular complexity index is 570. The van der Waals surface area contributed by atoms with Crippen LogP contribution in [0.5, 0.6) is 0 Å². The molecule has 2 rings (SSSR count). The molecule has 0 radical (unpaired) electrons. The highest BCUT2D eigenvalue weighted by molar-refractivity contribution is 6.32. The van der Waals surface area contributed by atoms with Gasteiger partial charge in [0.1, 0.15) is 5.82 Å². The second-order valence-corrected chi connectivity index (χ2v) is 4.82. The van der Waals surface area contributed by atoms with Crippen LogP contribution in [0.4, 0.5) is 10.1 Å². The summed E-state index contributed by atoms with van der Waals surface area (Å²) < 4.78 is 12.9. The summed E-state index contributed by atoms with van der Waals surface area (Å²) in [6.45, 7) is 2.47. The van der Waals surface area contributed by atoms with E-state index in [0.717, 1.165) is 16.8 Å². The third kappa shape index (κ3) is 2.95. The lowest BCUT2D eigenvalue weighted by Gasteiger charge is -2.11. The van der Waals surface area contributed by atoms with Crippen LogP contribution in [0.1, 0.15) is 11.1 Å². The molecule has 0 bridgehead atoms. The van der Waals surface area contributed by atoms with Crippen molar-refractivity contribution >= 4 is 28.9 Å². The van der Waals surface area contributed by atoms with Crippen LogP contribution in [0.3, 0.4) is 0 Å². The van der Waals surface area contributed by atoms with Crippen LogP contribution in [0.25, 0.3) is 0 Å². The molecular weight excluding hydrogens is 272 g/mol. The Labute approximate surface area is 116 Å². The lowest BCUT2D eigenvalue weighted by molar-refractivity contribution is 0.627. The highest BCUT2D eigenvalue weighted by Gasteiger charge is 2.04. The van der Waals surface area contributed by atoms with Gasteiger partial charge in [-0.2, -0.15) is 0 Å². The van der Waals surface area contributed by atoms with Crippen molar-refractivity contribution < 1.29 is 4.39 Å². The van der Waals surface area contributed by atoms with Gasteiger partial charge in [0.2, 0.25) is 0 Å². The van der Waals surface area contributed by atoms with E-state index in [4.69, 9.17) is 23.2 Å². The van der Waals surface area contributed by atoms with Gasteiger partial charge in [0, 0.05) is 22.3 Å². The Hall–Kier alpha value is -1.25. The first-order valence-corrected chi connectivity index (χ1v) is 6.26. The van der Waals surface area contributed by atoms with Crippen molar-refractivity contribution in [2.75, 3.05) is 5.32 Å². The van der Waals surface area contributed by atoms with Crippen LogP contribution in [0.15, 0.2) is 36.4 Å². The van der Waals surface area contributed by atoms with E-state index in [1.165, 1.54) is 12.1 Å². The SMILES string of the molecule is Cc1c(Cl)cccc1NCc1ccc(F)cc1Cl. The maximum atomic E-state index is 12.9. The second-order valence-electron chi connectivity index (χ2n) is 4.00. The molecule has 0 amide bonds. The predicted octanol–water partition coefficient (Wildman–Crippen LogP) is 5.05. The van der Waals surface area contributed by atoms with Crippen molar-refractivity contribution in [3.8, 4) is 0 Å². The normalized spacial score (nSPS) is 10.4. The van der Waals surface area contributed by atoms with Crippen LogP contribution in [-0.4, -0.2) is 0 Å². The van der Waals surface area contributed by atoms with E-state index < -0.39 is 0 Å². The third-order valence-corrected chi connectivity index (χ3v) is 3.51. The number of halogens is 3. The van der Waals surface area contributed by atoms with Crippen molar-refractivity contribution in [3.05, 3.63) is 63.4 Å². The summed E-state index contributed by atoms with van der Waals surface area (Å²) in [5.74, 6) is -0.331. The third-order valence-electron chi connectivity index (χ3n) is 2.75. The summed E-state index contributed by atoms with van der Waals surface area (Å²) in [6.07, 6.45) is 0. The maximum absolute atomic E-state index is 12.9. The van der Waals surface area contributed by atoms with Crippen molar-refractivity contribution in [1.29, 1.82) is 0 Å². The Kier molecular flexibility index (Phi) is 4.10. The highest BCUT2D eigenvalue weighted by Crippen LogP contribution is 2.24. The molecule has 0 aromatic heterocycles. The van der Waals surface area contributed by atoms with Crippen LogP contribution in [0, 0.1) is 12.7 Å². The van der Waals surface area contributed by atoms with Gasteiger partial charge in [-0.3, -0.25) is 0 Å². The molecule has 1 N–H and O–H groups in total. The van der Waals surface area contributed by atoms with E-state index in [1.54, 1.807) is 6.07 Å². The van der Waals surface area contributed by atoms with Gasteiger partial charge in [-0.25, -0.2) is 4.39 Å². The van der Waals surface area contributed by atoms with Gasteiger partial charge < -0.3 is 5.32 Å². The zero-order chi connectivity index (χ0) is 13.1. The Balaban J connectivity index is 2.14. The Morgan fingerprint density at radius 3 is 2.61 bits per heavy atom. The summed E-state index contributed by atoms with van der Waals surface area (Å²) in [4.78, 5) is 0. The molecule has 0 saturated heterocycles. The number of anilines is 1. The first-order valence-electron chi connectivity index (χ1n) is 5.51. The van der Waals surface area contributed by atoms with Gasteiger partial charge in [-0.15, -0.1) is 0 Å². The second kappa shape index (κ2) is 5.59. The fourth-order valence-corrected chi connectivity index (χ4v) is 2.06. The average Bonchev–Trinajstić information content (AvgIpc) is 2.33. The molecule has 0 fully saturated rings. The van der Waals surface area contributed by atoms with E-state index in [0.29, 0.717) is 16.6 Å². The van der Waals surface area contributed by atoms with Crippen molar-refractivity contribution in [2.45, 2.75) is 13.5 Å². The van der Waals surface area contributed by atoms with Gasteiger partial charge in [0.25, 0.3) is 0 Å². The van der Waals surface area contributed by atoms with Gasteiger partial charge in [-0.05, 0) is 42.3 Å². The number of rotatable bonds is 3. The molecule has 0 aliphatic rings. The highest BCUT2D eigenvalue weighted by atomic mass is 35.5. The minimum Gasteiger partial charge on any atom is -0.381 e. The summed E-state index contributed by atoms with van der Waals surface area (Å²) in [6, 6.07) is 10.0. The maximum Gasteiger partial charge on any atom is 0.124 e. The monoisotopic (exact) mass is 283 g/mol. The molecule has 0 spiro atoms. The molecule has 0 unspecified atom stereocenters. The number of nitrogens with one attached hydrogen (secondary N) is 1. The summed E-state index contributed by atoms with van der Waals surface area (Å²) in [7, 11) is 0. The van der Waals surface area contributed by atoms with Crippen LogP contribution < -0.4 is 5.32 Å². The fourth-order valence-electron chi connectivity index (χ4n) is 1.65. The molecule has 2 aromatic rings. The quantitative estimate of drug-likeness (QED) is 0.831. The molecular formula is C14H12Cl2FN. The van der Waals surface area contributed by atoms with Crippen molar-refractivity contribution in [3.63, 3.8) is 0 Å². The number of hydrogen-bond donors (Lipinski definition) is 1. The van der Waals surface area contributed by atoms with Gasteiger partial charge in [-0.1, -0.05) is 35.3 Å². The molecule has 0 saturated carbocycles. The topological polar surface area (TPSA) is 12.0 Å². The number of hydrogen-bond acceptors (Lipinski definition) is 1. The largest absolute Gasteiger partial charge is 0.381 e. The van der Waals surface area contributed by atoms with Crippen molar-refractivity contribution in [1.82, 2.24) is 0 Å². The lowest BCUT2D eigenvalue weighted by atomic mass is 10.1. The molecule has 2 aromatic carbocycles. The minimum absolute atomic E-state index is 0.331. The molecule has 94 valence electrons. The summed E-state index contributed by atoms with van der Waals surface area (Å²) in [5.41, 5.74) is 2.78. The zero-order valence-electron chi connectivity index (χ0n) is 9.81. The smallest absolute Gasteiger partial charge is 0.124 e. The van der Waals surface area contributed by atoms with Crippen LogP contribution in [-0.2, 0) is 6.54 Å². The minimum atomic E-state index is -0.331. The van der Waals surface area contributed by atoms with Gasteiger partial charge >= 0.3 is 0 Å². The molecule has 18 heavy (non-hydrogen) atoms. The van der Waals surface area contributed by atoms with Gasteiger partial charge in [0.15, 0.2) is 0 Å². The molecule has 0 aliphatic carbocycles. The van der Waals surface area contributed by atoms with E-state index >= 15 is 0 Å². The number of benzene rings is 2. The molecule has 0 atom stereocenters. The molecule has 0 aliphatic heterocycles. The summed E-state index contributed by atoms with van der Waals surface area (Å²) in [5, 5.41) is 4.37. The first-order chi connectivity index (χ1) is 8.58. The molecule has 4 heteroatoms. The van der Waals surface area contributed by atoms with E-state index in [9.17, 15) is 4.39 Å². The van der Waals surface area contributed by atoms with Gasteiger partial charge in [0.05, 0.1) is 0 Å². The van der Waals surface area contributed by atoms with Crippen molar-refractivity contribution in [2.24, 2.45) is 0 Å². The molecule has 0 heterocycles. The van der Waals surface area contributed by atoms with E-state index in [1.807, 2.05) is 25.1 Å². The zero-order valence-corrected chi connectivity index (χ0v) is 11.3. The lowest BCUT2D eigenvalue weighted by Crippen LogP contribution is -2.02. The van der Waals surface area contributed by atoms with E-state index in [-0.39, 0.29) is 5.82 Å². The Morgan fingerprint density at radius 1 is 1.11 bits per heavy atom. The standard InChI is InChI=1S/C14H12Cl2FN/c1-9-12(15)3-2-4-14(9)18-8-10-5-6-11(17)7-13(10)16/h2-7,18H,8H2,1H3. The van der Waals surface area contributed by atoms with E-state index in [2.05, 4.69) is 5.32 Å². The van der Waals surface area contributed by atoms with Crippen LogP contribution >= 0.6 is 23.2 Å². The fraction of sp³-hybridized carbons (Fsp3) is 0.143. The molecule has 1 nitrogen and oxygen atoms in total. The van der Waals surface area contributed by atoms with Crippen LogP contribution in [0.2, 0.25) is 10.0 Å². The predicted molar refractivity (Wildman–Crippen MR) is 74.9 cm³/mol. The average molecular weight is 284 g/mol. The Morgan fingerprint density at radius 2 is 1.89 bits per heavy atom.